The van der Waals surface area contributed by atoms with E-state index in [1.54, 1.807) is 17.8 Å². The third-order valence-corrected chi connectivity index (χ3v) is 6.26. The number of thioether (sulfide) groups is 1. The number of hydrogen-bond donors (Lipinski definition) is 0. The minimum atomic E-state index is -0.0185. The SMILES string of the molecule is CSc1ccc(Cl)c(C(=O)N2CCN(Cc3nc(-c4ccc(C)cc4)no3)CC2)c1. The lowest BCUT2D eigenvalue weighted by molar-refractivity contribution is 0.0615. The van der Waals surface area contributed by atoms with Crippen LogP contribution in [0.15, 0.2) is 51.9 Å². The smallest absolute Gasteiger partial charge is 0.255 e. The number of aryl methyl sites for hydroxylation is 1. The van der Waals surface area contributed by atoms with Crippen molar-refractivity contribution in [1.29, 1.82) is 0 Å². The highest BCUT2D eigenvalue weighted by Crippen LogP contribution is 2.25. The van der Waals surface area contributed by atoms with E-state index in [0.29, 0.717) is 41.9 Å². The lowest BCUT2D eigenvalue weighted by atomic mass is 10.1. The first-order valence-corrected chi connectivity index (χ1v) is 11.4. The quantitative estimate of drug-likeness (QED) is 0.546. The van der Waals surface area contributed by atoms with Crippen molar-refractivity contribution in [3.8, 4) is 11.4 Å². The van der Waals surface area contributed by atoms with Gasteiger partial charge in [0.05, 0.1) is 17.1 Å². The molecule has 156 valence electrons. The van der Waals surface area contributed by atoms with Gasteiger partial charge in [-0.1, -0.05) is 46.6 Å². The Kier molecular flexibility index (Phi) is 6.41. The molecule has 0 saturated carbocycles. The zero-order valence-corrected chi connectivity index (χ0v) is 18.5. The Morgan fingerprint density at radius 2 is 1.87 bits per heavy atom. The zero-order valence-electron chi connectivity index (χ0n) is 17.0. The Morgan fingerprint density at radius 3 is 2.57 bits per heavy atom. The molecule has 0 unspecified atom stereocenters. The van der Waals surface area contributed by atoms with E-state index in [0.717, 1.165) is 23.5 Å². The molecule has 30 heavy (non-hydrogen) atoms. The molecule has 2 heterocycles. The van der Waals surface area contributed by atoms with Crippen molar-refractivity contribution in [2.24, 2.45) is 0 Å². The second-order valence-electron chi connectivity index (χ2n) is 7.29. The van der Waals surface area contributed by atoms with Crippen LogP contribution in [0.4, 0.5) is 0 Å². The maximum atomic E-state index is 12.9. The number of amides is 1. The lowest BCUT2D eigenvalue weighted by Gasteiger charge is -2.34. The Labute approximate surface area is 185 Å². The number of aromatic nitrogens is 2. The first-order chi connectivity index (χ1) is 14.5. The summed E-state index contributed by atoms with van der Waals surface area (Å²) < 4.78 is 5.43. The van der Waals surface area contributed by atoms with E-state index >= 15 is 0 Å². The van der Waals surface area contributed by atoms with Crippen molar-refractivity contribution in [2.75, 3.05) is 32.4 Å². The van der Waals surface area contributed by atoms with Crippen molar-refractivity contribution in [1.82, 2.24) is 19.9 Å². The number of benzene rings is 2. The van der Waals surface area contributed by atoms with E-state index in [1.165, 1.54) is 5.56 Å². The molecule has 8 heteroatoms. The van der Waals surface area contributed by atoms with Gasteiger partial charge in [0.25, 0.3) is 5.91 Å². The van der Waals surface area contributed by atoms with E-state index in [1.807, 2.05) is 54.5 Å². The molecule has 6 nitrogen and oxygen atoms in total. The number of carbonyl (C=O) groups excluding carboxylic acids is 1. The third-order valence-electron chi connectivity index (χ3n) is 5.20. The molecule has 0 N–H and O–H groups in total. The summed E-state index contributed by atoms with van der Waals surface area (Å²) in [7, 11) is 0. The molecule has 1 fully saturated rings. The van der Waals surface area contributed by atoms with Gasteiger partial charge in [0.1, 0.15) is 0 Å². The molecule has 1 aromatic heterocycles. The molecular weight excluding hydrogens is 420 g/mol. The predicted octanol–water partition coefficient (Wildman–Crippen LogP) is 4.38. The largest absolute Gasteiger partial charge is 0.338 e. The zero-order chi connectivity index (χ0) is 21.1. The Morgan fingerprint density at radius 1 is 1.13 bits per heavy atom. The van der Waals surface area contributed by atoms with E-state index in [-0.39, 0.29) is 5.91 Å². The van der Waals surface area contributed by atoms with E-state index in [9.17, 15) is 4.79 Å². The van der Waals surface area contributed by atoms with Gasteiger partial charge in [0.15, 0.2) is 0 Å². The Bertz CT molecular complexity index is 1030. The lowest BCUT2D eigenvalue weighted by Crippen LogP contribution is -2.48. The average molecular weight is 443 g/mol. The molecule has 0 aliphatic carbocycles. The van der Waals surface area contributed by atoms with Gasteiger partial charge in [-0.05, 0) is 31.4 Å². The molecule has 1 amide bonds. The van der Waals surface area contributed by atoms with Crippen molar-refractivity contribution in [2.45, 2.75) is 18.4 Å². The predicted molar refractivity (Wildman–Crippen MR) is 119 cm³/mol. The summed E-state index contributed by atoms with van der Waals surface area (Å²) in [5.41, 5.74) is 2.70. The molecule has 2 aromatic carbocycles. The second-order valence-corrected chi connectivity index (χ2v) is 8.58. The Balaban J connectivity index is 1.35. The van der Waals surface area contributed by atoms with Crippen molar-refractivity contribution in [3.05, 3.63) is 64.5 Å². The van der Waals surface area contributed by atoms with Crippen LogP contribution in [0.3, 0.4) is 0 Å². The summed E-state index contributed by atoms with van der Waals surface area (Å²) in [5.74, 6) is 1.16. The fourth-order valence-corrected chi connectivity index (χ4v) is 4.04. The normalized spacial score (nSPS) is 14.8. The molecule has 4 rings (SSSR count). The summed E-state index contributed by atoms with van der Waals surface area (Å²) >= 11 is 7.87. The number of nitrogens with zero attached hydrogens (tertiary/aromatic N) is 4. The van der Waals surface area contributed by atoms with Gasteiger partial charge in [0, 0.05) is 36.6 Å². The van der Waals surface area contributed by atoms with Crippen molar-refractivity contribution >= 4 is 29.3 Å². The fraction of sp³-hybridized carbons (Fsp3) is 0.318. The van der Waals surface area contributed by atoms with E-state index in [4.69, 9.17) is 16.1 Å². The molecule has 1 aliphatic rings. The summed E-state index contributed by atoms with van der Waals surface area (Å²) in [4.78, 5) is 22.5. The van der Waals surface area contributed by atoms with Crippen LogP contribution in [0.5, 0.6) is 0 Å². The second kappa shape index (κ2) is 9.20. The average Bonchev–Trinajstić information content (AvgIpc) is 3.23. The minimum Gasteiger partial charge on any atom is -0.338 e. The molecule has 3 aromatic rings. The minimum absolute atomic E-state index is 0.0185. The van der Waals surface area contributed by atoms with Crippen molar-refractivity contribution in [3.63, 3.8) is 0 Å². The van der Waals surface area contributed by atoms with Crippen LogP contribution in [-0.4, -0.2) is 58.3 Å². The maximum Gasteiger partial charge on any atom is 0.255 e. The van der Waals surface area contributed by atoms with Gasteiger partial charge in [-0.3, -0.25) is 9.69 Å². The van der Waals surface area contributed by atoms with E-state index in [2.05, 4.69) is 15.0 Å². The van der Waals surface area contributed by atoms with Crippen LogP contribution in [0.1, 0.15) is 21.8 Å². The van der Waals surface area contributed by atoms with Gasteiger partial charge < -0.3 is 9.42 Å². The molecule has 1 aliphatic heterocycles. The highest BCUT2D eigenvalue weighted by Gasteiger charge is 2.25. The van der Waals surface area contributed by atoms with Crippen molar-refractivity contribution < 1.29 is 9.32 Å². The number of piperazine rings is 1. The summed E-state index contributed by atoms with van der Waals surface area (Å²) in [5, 5.41) is 4.59. The molecule has 0 bridgehead atoms. The molecular formula is C22H23ClN4O2S. The third kappa shape index (κ3) is 4.69. The van der Waals surface area contributed by atoms with Gasteiger partial charge in [0.2, 0.25) is 11.7 Å². The summed E-state index contributed by atoms with van der Waals surface area (Å²) in [6.07, 6.45) is 1.98. The Hall–Kier alpha value is -2.35. The van der Waals surface area contributed by atoms with Crippen LogP contribution in [0.25, 0.3) is 11.4 Å². The molecule has 1 saturated heterocycles. The van der Waals surface area contributed by atoms with Gasteiger partial charge in [-0.2, -0.15) is 4.98 Å². The van der Waals surface area contributed by atoms with Crippen LogP contribution in [-0.2, 0) is 6.54 Å². The number of hydrogen-bond acceptors (Lipinski definition) is 6. The van der Waals surface area contributed by atoms with Gasteiger partial charge in [-0.25, -0.2) is 0 Å². The molecule has 0 radical (unpaired) electrons. The summed E-state index contributed by atoms with van der Waals surface area (Å²) in [6, 6.07) is 13.6. The monoisotopic (exact) mass is 442 g/mol. The van der Waals surface area contributed by atoms with E-state index < -0.39 is 0 Å². The molecule has 0 atom stereocenters. The van der Waals surface area contributed by atoms with Gasteiger partial charge >= 0.3 is 0 Å². The highest BCUT2D eigenvalue weighted by molar-refractivity contribution is 7.98. The van der Waals surface area contributed by atoms with Crippen LogP contribution in [0, 0.1) is 6.92 Å². The molecule has 0 spiro atoms. The fourth-order valence-electron chi connectivity index (χ4n) is 3.40. The van der Waals surface area contributed by atoms with Crippen LogP contribution < -0.4 is 0 Å². The van der Waals surface area contributed by atoms with Crippen LogP contribution in [0.2, 0.25) is 5.02 Å². The highest BCUT2D eigenvalue weighted by atomic mass is 35.5. The number of carbonyl (C=O) groups is 1. The first-order valence-electron chi connectivity index (χ1n) is 9.78. The maximum absolute atomic E-state index is 12.9. The topological polar surface area (TPSA) is 62.5 Å². The number of rotatable bonds is 5. The number of halogens is 1. The van der Waals surface area contributed by atoms with Crippen LogP contribution >= 0.6 is 23.4 Å². The summed E-state index contributed by atoms with van der Waals surface area (Å²) in [6.45, 7) is 5.38. The first kappa shape index (κ1) is 20.9. The van der Waals surface area contributed by atoms with Gasteiger partial charge in [-0.15, -0.1) is 11.8 Å². The standard InChI is InChI=1S/C22H23ClN4O2S/c1-15-3-5-16(6-4-15)21-24-20(29-25-21)14-26-9-11-27(12-10-26)22(28)18-13-17(30-2)7-8-19(18)23/h3-8,13H,9-12,14H2,1-2H3.